The molecule has 6 nitrogen and oxygen atoms in total. The van der Waals surface area contributed by atoms with Crippen molar-refractivity contribution in [3.63, 3.8) is 0 Å². The lowest BCUT2D eigenvalue weighted by molar-refractivity contribution is -0.132. The molecule has 3 aliphatic rings. The lowest BCUT2D eigenvalue weighted by atomic mass is 9.98. The first-order valence-electron chi connectivity index (χ1n) is 9.95. The van der Waals surface area contributed by atoms with Crippen LogP contribution in [0.25, 0.3) is 5.57 Å². The van der Waals surface area contributed by atoms with Crippen molar-refractivity contribution in [2.45, 2.75) is 19.0 Å². The number of rotatable bonds is 3. The van der Waals surface area contributed by atoms with Gasteiger partial charge in [-0.3, -0.25) is 4.79 Å². The molecule has 32 heavy (non-hydrogen) atoms. The van der Waals surface area contributed by atoms with Gasteiger partial charge in [-0.1, -0.05) is 6.08 Å². The van der Waals surface area contributed by atoms with E-state index in [0.717, 1.165) is 23.1 Å². The number of urea groups is 1. The molecule has 0 aromatic heterocycles. The number of aromatic hydroxyl groups is 1. The van der Waals surface area contributed by atoms with Gasteiger partial charge in [-0.05, 0) is 30.0 Å². The summed E-state index contributed by atoms with van der Waals surface area (Å²) < 4.78 is 56.5. The van der Waals surface area contributed by atoms with Crippen molar-refractivity contribution in [3.05, 3.63) is 64.7 Å². The molecule has 2 aliphatic heterocycles. The van der Waals surface area contributed by atoms with E-state index < -0.39 is 53.5 Å². The Kier molecular flexibility index (Phi) is 4.61. The number of hydrogen-bond acceptors (Lipinski definition) is 3. The highest BCUT2D eigenvalue weighted by molar-refractivity contribution is 5.95. The summed E-state index contributed by atoms with van der Waals surface area (Å²) in [7, 11) is 0. The highest BCUT2D eigenvalue weighted by Gasteiger charge is 2.44. The number of phenolic OH excluding ortho intramolecular Hbond substituents is 1. The van der Waals surface area contributed by atoms with Crippen LogP contribution in [0.1, 0.15) is 17.5 Å². The smallest absolute Gasteiger partial charge is 0.322 e. The van der Waals surface area contributed by atoms with Crippen molar-refractivity contribution in [3.8, 4) is 5.75 Å². The average molecular weight is 447 g/mol. The van der Waals surface area contributed by atoms with Crippen molar-refractivity contribution < 1.29 is 32.3 Å². The Labute approximate surface area is 179 Å². The van der Waals surface area contributed by atoms with Gasteiger partial charge in [-0.25, -0.2) is 22.4 Å². The largest absolute Gasteiger partial charge is 0.508 e. The van der Waals surface area contributed by atoms with Gasteiger partial charge < -0.3 is 20.2 Å². The predicted molar refractivity (Wildman–Crippen MR) is 105 cm³/mol. The summed E-state index contributed by atoms with van der Waals surface area (Å²) in [5.74, 6) is -5.14. The second kappa shape index (κ2) is 7.25. The van der Waals surface area contributed by atoms with Crippen LogP contribution in [0.2, 0.25) is 0 Å². The van der Waals surface area contributed by atoms with E-state index in [2.05, 4.69) is 5.32 Å². The zero-order valence-electron chi connectivity index (χ0n) is 16.5. The summed E-state index contributed by atoms with van der Waals surface area (Å²) in [5, 5.41) is 11.8. The zero-order valence-corrected chi connectivity index (χ0v) is 16.5. The van der Waals surface area contributed by atoms with Crippen molar-refractivity contribution >= 4 is 23.2 Å². The van der Waals surface area contributed by atoms with E-state index in [9.17, 15) is 32.3 Å². The summed E-state index contributed by atoms with van der Waals surface area (Å²) in [6, 6.07) is 2.55. The molecule has 1 saturated heterocycles. The van der Waals surface area contributed by atoms with Crippen LogP contribution in [0.5, 0.6) is 5.75 Å². The second-order valence-corrected chi connectivity index (χ2v) is 8.14. The number of likely N-dealkylation sites (tertiary alicyclic amines) is 1. The molecule has 0 saturated carbocycles. The maximum Gasteiger partial charge on any atom is 0.322 e. The molecule has 0 unspecified atom stereocenters. The van der Waals surface area contributed by atoms with Gasteiger partial charge in [0.2, 0.25) is 5.91 Å². The molecule has 0 radical (unpaired) electrons. The minimum atomic E-state index is -1.09. The van der Waals surface area contributed by atoms with Crippen LogP contribution < -0.4 is 5.32 Å². The van der Waals surface area contributed by atoms with Gasteiger partial charge in [0, 0.05) is 24.2 Å². The minimum Gasteiger partial charge on any atom is -0.508 e. The summed E-state index contributed by atoms with van der Waals surface area (Å²) in [6.07, 6.45) is 2.20. The number of phenols is 1. The average Bonchev–Trinajstić information content (AvgIpc) is 3.32. The molecule has 5 rings (SSSR count). The number of carbonyl (C=O) groups is 2. The molecule has 2 aromatic carbocycles. The lowest BCUT2D eigenvalue weighted by Crippen LogP contribution is -2.48. The number of nitrogens with zero attached hydrogens (tertiary/aromatic N) is 2. The summed E-state index contributed by atoms with van der Waals surface area (Å²) >= 11 is 0. The Hall–Kier alpha value is -3.56. The fraction of sp³-hybridized carbons (Fsp3) is 0.273. The maximum absolute atomic E-state index is 14.4. The van der Waals surface area contributed by atoms with Crippen LogP contribution in [0.3, 0.4) is 0 Å². The standard InChI is InChI=1S/C22H17F4N3O3/c23-14-1-2-17-13(21(14)26)8-28(22(32)27-17)9-19(31)29-7-10-3-12(18(29)4-10)20-15(24)5-11(30)6-16(20)25/h1-3,5-6,10,18,30H,4,7-9H2,(H,27,32)/t10-,18-/m1/s1. The number of hydrogen-bond donors (Lipinski definition) is 2. The van der Waals surface area contributed by atoms with Gasteiger partial charge in [0.05, 0.1) is 23.8 Å². The third kappa shape index (κ3) is 3.17. The van der Waals surface area contributed by atoms with Crippen LogP contribution in [0.15, 0.2) is 30.3 Å². The first-order valence-corrected chi connectivity index (χ1v) is 9.95. The van der Waals surface area contributed by atoms with Crippen LogP contribution in [0, 0.1) is 29.2 Å². The SMILES string of the molecule is O=C1Nc2ccc(F)c(F)c2CN1CC(=O)N1C[C@@H]2C=C(c3c(F)cc(O)cc3F)[C@H]1C2. The normalized spacial score (nSPS) is 21.5. The van der Waals surface area contributed by atoms with E-state index in [-0.39, 0.29) is 29.3 Å². The molecule has 2 heterocycles. The number of carbonyl (C=O) groups excluding carboxylic acids is 2. The topological polar surface area (TPSA) is 72.9 Å². The molecule has 2 N–H and O–H groups in total. The predicted octanol–water partition coefficient (Wildman–Crippen LogP) is 3.61. The summed E-state index contributed by atoms with van der Waals surface area (Å²) in [4.78, 5) is 27.9. The second-order valence-electron chi connectivity index (χ2n) is 8.14. The van der Waals surface area contributed by atoms with Gasteiger partial charge in [-0.15, -0.1) is 0 Å². The highest BCUT2D eigenvalue weighted by Crippen LogP contribution is 2.43. The van der Waals surface area contributed by atoms with E-state index in [1.54, 1.807) is 6.08 Å². The number of benzene rings is 2. The molecule has 2 atom stereocenters. The minimum absolute atomic E-state index is 0.0610. The molecule has 2 aromatic rings. The van der Waals surface area contributed by atoms with Gasteiger partial charge in [0.25, 0.3) is 0 Å². The van der Waals surface area contributed by atoms with E-state index in [1.165, 1.54) is 11.0 Å². The molecule has 3 amide bonds. The van der Waals surface area contributed by atoms with Crippen molar-refractivity contribution in [2.24, 2.45) is 5.92 Å². The highest BCUT2D eigenvalue weighted by atomic mass is 19.2. The van der Waals surface area contributed by atoms with E-state index >= 15 is 0 Å². The first kappa shape index (κ1) is 20.3. The molecular weight excluding hydrogens is 430 g/mol. The van der Waals surface area contributed by atoms with Gasteiger partial charge in [0.15, 0.2) is 11.6 Å². The Morgan fingerprint density at radius 1 is 1.12 bits per heavy atom. The van der Waals surface area contributed by atoms with E-state index in [0.29, 0.717) is 18.5 Å². The molecule has 166 valence electrons. The molecule has 1 fully saturated rings. The third-order valence-corrected chi connectivity index (χ3v) is 6.14. The van der Waals surface area contributed by atoms with Gasteiger partial charge in [0.1, 0.15) is 23.9 Å². The van der Waals surface area contributed by atoms with Gasteiger partial charge in [-0.2, -0.15) is 0 Å². The van der Waals surface area contributed by atoms with E-state index in [1.807, 2.05) is 0 Å². The van der Waals surface area contributed by atoms with Gasteiger partial charge >= 0.3 is 6.03 Å². The number of halogens is 4. The van der Waals surface area contributed by atoms with E-state index in [4.69, 9.17) is 0 Å². The summed E-state index contributed by atoms with van der Waals surface area (Å²) in [5.41, 5.74) is 0.0941. The first-order chi connectivity index (χ1) is 15.2. The maximum atomic E-state index is 14.4. The fourth-order valence-corrected chi connectivity index (χ4v) is 4.71. The van der Waals surface area contributed by atoms with Crippen LogP contribution in [-0.2, 0) is 11.3 Å². The van der Waals surface area contributed by atoms with Crippen molar-refractivity contribution in [1.82, 2.24) is 9.80 Å². The number of fused-ring (bicyclic) bond motifs is 3. The number of anilines is 1. The molecule has 2 bridgehead atoms. The lowest BCUT2D eigenvalue weighted by Gasteiger charge is -2.33. The Morgan fingerprint density at radius 3 is 2.53 bits per heavy atom. The quantitative estimate of drug-likeness (QED) is 0.707. The Balaban J connectivity index is 1.36. The number of nitrogens with one attached hydrogen (secondary N) is 1. The van der Waals surface area contributed by atoms with Crippen LogP contribution >= 0.6 is 0 Å². The Morgan fingerprint density at radius 2 is 1.84 bits per heavy atom. The van der Waals surface area contributed by atoms with Crippen LogP contribution in [-0.4, -0.2) is 46.0 Å². The Bertz CT molecular complexity index is 1180. The monoisotopic (exact) mass is 447 g/mol. The van der Waals surface area contributed by atoms with Crippen molar-refractivity contribution in [1.29, 1.82) is 0 Å². The third-order valence-electron chi connectivity index (χ3n) is 6.14. The zero-order chi connectivity index (χ0) is 22.7. The summed E-state index contributed by atoms with van der Waals surface area (Å²) in [6.45, 7) is -0.371. The molecule has 1 aliphatic carbocycles. The molecule has 0 spiro atoms. The molecule has 10 heteroatoms. The van der Waals surface area contributed by atoms with Crippen LogP contribution in [0.4, 0.5) is 28.0 Å². The number of amides is 3. The fourth-order valence-electron chi connectivity index (χ4n) is 4.71. The van der Waals surface area contributed by atoms with Crippen molar-refractivity contribution in [2.75, 3.05) is 18.4 Å². The molecular formula is C22H17F4N3O3.